The molecule has 1 N–H and O–H groups in total. The largest absolute Gasteiger partial charge is 0.462 e. The Kier molecular flexibility index (Phi) is 8.26. The van der Waals surface area contributed by atoms with Gasteiger partial charge in [-0.15, -0.1) is 0 Å². The third-order valence-electron chi connectivity index (χ3n) is 5.34. The average molecular weight is 486 g/mol. The summed E-state index contributed by atoms with van der Waals surface area (Å²) in [4.78, 5) is 26.4. The fourth-order valence-corrected chi connectivity index (χ4v) is 3.86. The molecule has 182 valence electrons. The van der Waals surface area contributed by atoms with Crippen LogP contribution >= 0.6 is 11.6 Å². The van der Waals surface area contributed by atoms with Gasteiger partial charge in [-0.05, 0) is 62.1 Å². The Bertz CT molecular complexity index is 1060. The number of ether oxygens (including phenoxy) is 2. The fraction of sp³-hybridized carbons (Fsp3) is 0.407. The summed E-state index contributed by atoms with van der Waals surface area (Å²) in [6, 6.07) is 10.9. The molecule has 0 fully saturated rings. The van der Waals surface area contributed by atoms with Crippen LogP contribution in [0.3, 0.4) is 0 Å². The summed E-state index contributed by atoms with van der Waals surface area (Å²) in [6.07, 6.45) is 0. The van der Waals surface area contributed by atoms with Gasteiger partial charge in [-0.25, -0.2) is 9.59 Å². The van der Waals surface area contributed by atoms with Crippen molar-refractivity contribution < 1.29 is 23.5 Å². The first kappa shape index (κ1) is 25.6. The molecular formula is C27H32ClNO5. The number of nitrogens with one attached hydrogen (secondary N) is 1. The predicted molar refractivity (Wildman–Crippen MR) is 132 cm³/mol. The van der Waals surface area contributed by atoms with Crippen LogP contribution in [0.4, 0.5) is 0 Å². The van der Waals surface area contributed by atoms with Crippen LogP contribution in [0, 0.1) is 11.8 Å². The number of benzene rings is 1. The average Bonchev–Trinajstić information content (AvgIpc) is 3.25. The van der Waals surface area contributed by atoms with Gasteiger partial charge in [0, 0.05) is 22.0 Å². The summed E-state index contributed by atoms with van der Waals surface area (Å²) < 4.78 is 17.3. The zero-order valence-corrected chi connectivity index (χ0v) is 21.3. The fourth-order valence-electron chi connectivity index (χ4n) is 3.74. The highest BCUT2D eigenvalue weighted by atomic mass is 35.5. The number of furan rings is 1. The molecule has 6 nitrogen and oxygen atoms in total. The summed E-state index contributed by atoms with van der Waals surface area (Å²) in [7, 11) is 0. The quantitative estimate of drug-likeness (QED) is 0.446. The van der Waals surface area contributed by atoms with E-state index in [4.69, 9.17) is 25.5 Å². The van der Waals surface area contributed by atoms with Gasteiger partial charge in [0.05, 0.1) is 30.3 Å². The van der Waals surface area contributed by atoms with E-state index in [1.807, 2.05) is 45.9 Å². The van der Waals surface area contributed by atoms with Crippen molar-refractivity contribution in [3.8, 4) is 11.3 Å². The summed E-state index contributed by atoms with van der Waals surface area (Å²) in [5, 5.41) is 3.78. The number of hydrogen-bond acceptors (Lipinski definition) is 6. The molecule has 2 heterocycles. The standard InChI is InChI=1S/C27H32ClNO5/c1-15(2)13-32-26(30)23-17(5)29-18(6)24(27(31)33-14-16(3)4)25(23)22-12-11-21(34-22)19-7-9-20(28)10-8-19/h7-12,15-16,25,29H,13-14H2,1-6H3. The van der Waals surface area contributed by atoms with Crippen molar-refractivity contribution in [1.29, 1.82) is 0 Å². The minimum absolute atomic E-state index is 0.174. The number of dihydropyridines is 1. The molecule has 3 rings (SSSR count). The highest BCUT2D eigenvalue weighted by molar-refractivity contribution is 6.30. The Morgan fingerprint density at radius 1 is 0.882 bits per heavy atom. The normalized spacial score (nSPS) is 14.6. The lowest BCUT2D eigenvalue weighted by molar-refractivity contribution is -0.141. The number of halogens is 1. The van der Waals surface area contributed by atoms with Gasteiger partial charge < -0.3 is 19.2 Å². The zero-order valence-electron chi connectivity index (χ0n) is 20.5. The second-order valence-electron chi connectivity index (χ2n) is 9.33. The molecule has 1 aromatic carbocycles. The number of allylic oxidation sites excluding steroid dienone is 2. The van der Waals surface area contributed by atoms with Crippen LogP contribution in [0.25, 0.3) is 11.3 Å². The number of hydrogen-bond donors (Lipinski definition) is 1. The van der Waals surface area contributed by atoms with Crippen LogP contribution in [0.2, 0.25) is 5.02 Å². The van der Waals surface area contributed by atoms with Crippen molar-refractivity contribution in [2.24, 2.45) is 11.8 Å². The molecule has 0 saturated carbocycles. The molecule has 0 spiro atoms. The molecule has 0 saturated heterocycles. The van der Waals surface area contributed by atoms with Crippen LogP contribution in [0.15, 0.2) is 63.4 Å². The molecule has 7 heteroatoms. The number of rotatable bonds is 8. The molecular weight excluding hydrogens is 454 g/mol. The molecule has 34 heavy (non-hydrogen) atoms. The van der Waals surface area contributed by atoms with Gasteiger partial charge in [-0.1, -0.05) is 39.3 Å². The Labute approximate surface area is 206 Å². The first-order valence-corrected chi connectivity index (χ1v) is 11.8. The maximum atomic E-state index is 13.2. The van der Waals surface area contributed by atoms with Gasteiger partial charge in [0.25, 0.3) is 0 Å². The highest BCUT2D eigenvalue weighted by Gasteiger charge is 2.40. The maximum absolute atomic E-state index is 13.2. The van der Waals surface area contributed by atoms with E-state index in [0.717, 1.165) is 5.56 Å². The Morgan fingerprint density at radius 3 is 1.85 bits per heavy atom. The smallest absolute Gasteiger partial charge is 0.336 e. The van der Waals surface area contributed by atoms with Crippen molar-refractivity contribution in [3.63, 3.8) is 0 Å². The molecule has 0 radical (unpaired) electrons. The maximum Gasteiger partial charge on any atom is 0.336 e. The highest BCUT2D eigenvalue weighted by Crippen LogP contribution is 2.41. The Balaban J connectivity index is 2.06. The first-order chi connectivity index (χ1) is 16.1. The molecule has 0 atom stereocenters. The summed E-state index contributed by atoms with van der Waals surface area (Å²) in [6.45, 7) is 12.0. The lowest BCUT2D eigenvalue weighted by Gasteiger charge is -2.29. The summed E-state index contributed by atoms with van der Waals surface area (Å²) >= 11 is 6.02. The molecule has 0 bridgehead atoms. The topological polar surface area (TPSA) is 77.8 Å². The van der Waals surface area contributed by atoms with E-state index in [0.29, 0.717) is 39.1 Å². The van der Waals surface area contributed by atoms with Crippen molar-refractivity contribution in [2.75, 3.05) is 13.2 Å². The van der Waals surface area contributed by atoms with Gasteiger partial charge in [0.1, 0.15) is 11.5 Å². The molecule has 0 aliphatic carbocycles. The summed E-state index contributed by atoms with van der Waals surface area (Å²) in [5.41, 5.74) is 2.72. The van der Waals surface area contributed by atoms with Crippen LogP contribution in [0.5, 0.6) is 0 Å². The first-order valence-electron chi connectivity index (χ1n) is 11.5. The van der Waals surface area contributed by atoms with Gasteiger partial charge in [-0.3, -0.25) is 0 Å². The third kappa shape index (κ3) is 5.92. The molecule has 1 aliphatic heterocycles. The van der Waals surface area contributed by atoms with E-state index in [1.54, 1.807) is 32.0 Å². The minimum Gasteiger partial charge on any atom is -0.462 e. The SMILES string of the molecule is CC1=C(C(=O)OCC(C)C)C(c2ccc(-c3ccc(Cl)cc3)o2)C(C(=O)OCC(C)C)=C(C)N1. The molecule has 1 aliphatic rings. The third-order valence-corrected chi connectivity index (χ3v) is 5.59. The van der Waals surface area contributed by atoms with Crippen LogP contribution in [-0.2, 0) is 19.1 Å². The molecule has 0 unspecified atom stereocenters. The van der Waals surface area contributed by atoms with Crippen molar-refractivity contribution >= 4 is 23.5 Å². The van der Waals surface area contributed by atoms with E-state index in [-0.39, 0.29) is 25.0 Å². The lowest BCUT2D eigenvalue weighted by atomic mass is 9.83. The van der Waals surface area contributed by atoms with E-state index in [2.05, 4.69) is 5.32 Å². The minimum atomic E-state index is -0.762. The molecule has 2 aromatic rings. The predicted octanol–water partition coefficient (Wildman–Crippen LogP) is 6.23. The monoisotopic (exact) mass is 485 g/mol. The van der Waals surface area contributed by atoms with Gasteiger partial charge >= 0.3 is 11.9 Å². The number of carbonyl (C=O) groups is 2. The second-order valence-corrected chi connectivity index (χ2v) is 9.77. The Morgan fingerprint density at radius 2 is 1.38 bits per heavy atom. The number of carbonyl (C=O) groups excluding carboxylic acids is 2. The van der Waals surface area contributed by atoms with E-state index >= 15 is 0 Å². The van der Waals surface area contributed by atoms with Crippen LogP contribution < -0.4 is 5.32 Å². The van der Waals surface area contributed by atoms with Gasteiger partial charge in [0.15, 0.2) is 0 Å². The van der Waals surface area contributed by atoms with Gasteiger partial charge in [-0.2, -0.15) is 0 Å². The van der Waals surface area contributed by atoms with Crippen LogP contribution in [-0.4, -0.2) is 25.2 Å². The lowest BCUT2D eigenvalue weighted by Crippen LogP contribution is -2.33. The van der Waals surface area contributed by atoms with E-state index in [9.17, 15) is 9.59 Å². The Hall–Kier alpha value is -2.99. The zero-order chi connectivity index (χ0) is 25.0. The van der Waals surface area contributed by atoms with Crippen LogP contribution in [0.1, 0.15) is 53.2 Å². The number of esters is 2. The van der Waals surface area contributed by atoms with Gasteiger partial charge in [0.2, 0.25) is 0 Å². The second kappa shape index (κ2) is 11.0. The van der Waals surface area contributed by atoms with Crippen molar-refractivity contribution in [2.45, 2.75) is 47.5 Å². The van der Waals surface area contributed by atoms with Crippen molar-refractivity contribution in [3.05, 3.63) is 69.7 Å². The molecule has 0 amide bonds. The van der Waals surface area contributed by atoms with E-state index < -0.39 is 17.9 Å². The molecule has 1 aromatic heterocycles. The van der Waals surface area contributed by atoms with E-state index in [1.165, 1.54) is 0 Å². The summed E-state index contributed by atoms with van der Waals surface area (Å²) in [5.74, 6) is -0.338. The van der Waals surface area contributed by atoms with Crippen molar-refractivity contribution in [1.82, 2.24) is 5.32 Å².